The fourth-order valence-electron chi connectivity index (χ4n) is 0.757. The van der Waals surface area contributed by atoms with Gasteiger partial charge in [0.25, 0.3) is 6.39 Å². The highest BCUT2D eigenvalue weighted by Crippen LogP contribution is 2.08. The van der Waals surface area contributed by atoms with E-state index in [9.17, 15) is 0 Å². The number of hydrogen-bond donors (Lipinski definition) is 0. The maximum atomic E-state index is 4.88. The van der Waals surface area contributed by atoms with E-state index >= 15 is 0 Å². The molecule has 1 aromatic carbocycles. The van der Waals surface area contributed by atoms with E-state index in [4.69, 9.17) is 4.42 Å². The van der Waals surface area contributed by atoms with Crippen LogP contribution in [0.3, 0.4) is 0 Å². The van der Waals surface area contributed by atoms with Gasteiger partial charge in [-0.25, -0.2) is 4.98 Å². The van der Waals surface area contributed by atoms with Crippen LogP contribution in [0.2, 0.25) is 0 Å². The van der Waals surface area contributed by atoms with E-state index in [0.717, 1.165) is 11.1 Å². The zero-order valence-corrected chi connectivity index (χ0v) is 4.66. The smallest absolute Gasteiger partial charge is 0.432 e. The lowest BCUT2D eigenvalue weighted by atomic mass is 10.3. The van der Waals surface area contributed by atoms with Gasteiger partial charge in [-0.15, -0.1) is 0 Å². The van der Waals surface area contributed by atoms with E-state index < -0.39 is 0 Å². The SMILES string of the molecule is [H+].[c]1nc2ccccc2o1. The number of benzene rings is 1. The first kappa shape index (κ1) is 4.56. The summed E-state index contributed by atoms with van der Waals surface area (Å²) in [6, 6.07) is 7.56. The van der Waals surface area contributed by atoms with Crippen LogP contribution < -0.4 is 0 Å². The molecule has 2 aromatic rings. The second-order valence-corrected chi connectivity index (χ2v) is 1.77. The van der Waals surface area contributed by atoms with Gasteiger partial charge in [0, 0.05) is 0 Å². The molecule has 2 heteroatoms. The molecule has 1 heterocycles. The lowest BCUT2D eigenvalue weighted by molar-refractivity contribution is 0.591. The number of hydrogen-bond acceptors (Lipinski definition) is 2. The van der Waals surface area contributed by atoms with Crippen LogP contribution in [0.1, 0.15) is 1.43 Å². The highest BCUT2D eigenvalue weighted by Gasteiger charge is 1.92. The summed E-state index contributed by atoms with van der Waals surface area (Å²) in [5, 5.41) is 0. The van der Waals surface area contributed by atoms with Gasteiger partial charge < -0.3 is 4.42 Å². The van der Waals surface area contributed by atoms with Crippen LogP contribution in [0.25, 0.3) is 11.1 Å². The van der Waals surface area contributed by atoms with Crippen molar-refractivity contribution in [2.24, 2.45) is 0 Å². The maximum absolute atomic E-state index is 4.88. The van der Waals surface area contributed by atoms with Crippen molar-refractivity contribution in [2.75, 3.05) is 0 Å². The number of nitrogens with zero attached hydrogens (tertiary/aromatic N) is 1. The molecule has 9 heavy (non-hydrogen) atoms. The normalized spacial score (nSPS) is 10.2. The zero-order chi connectivity index (χ0) is 6.10. The Morgan fingerprint density at radius 2 is 2.33 bits per heavy atom. The van der Waals surface area contributed by atoms with Crippen molar-refractivity contribution in [3.63, 3.8) is 0 Å². The van der Waals surface area contributed by atoms with Crippen molar-refractivity contribution >= 4 is 11.1 Å². The van der Waals surface area contributed by atoms with Gasteiger partial charge in [-0.1, -0.05) is 12.1 Å². The molecule has 1 radical (unpaired) electrons. The third kappa shape index (κ3) is 0.598. The number of rotatable bonds is 0. The quantitative estimate of drug-likeness (QED) is 0.528. The molecule has 0 saturated heterocycles. The van der Waals surface area contributed by atoms with Crippen molar-refractivity contribution < 1.29 is 5.84 Å². The second-order valence-electron chi connectivity index (χ2n) is 1.77. The van der Waals surface area contributed by atoms with Crippen LogP contribution in [0.5, 0.6) is 0 Å². The fourth-order valence-corrected chi connectivity index (χ4v) is 0.757. The van der Waals surface area contributed by atoms with Crippen molar-refractivity contribution in [2.45, 2.75) is 0 Å². The Labute approximate surface area is 53.6 Å². The molecule has 0 fully saturated rings. The molecule has 0 N–H and O–H groups in total. The molecular formula is C7H5NO+. The fraction of sp³-hybridized carbons (Fsp3) is 0. The lowest BCUT2D eigenvalue weighted by Gasteiger charge is -1.79. The van der Waals surface area contributed by atoms with Crippen LogP contribution >= 0.6 is 0 Å². The summed E-state index contributed by atoms with van der Waals surface area (Å²) in [7, 11) is 0. The highest BCUT2D eigenvalue weighted by atomic mass is 16.3. The number of oxazole rings is 1. The number of aromatic nitrogens is 1. The molecule has 2 nitrogen and oxygen atoms in total. The molecule has 1 aromatic heterocycles. The van der Waals surface area contributed by atoms with Gasteiger partial charge in [-0.2, -0.15) is 0 Å². The van der Waals surface area contributed by atoms with Gasteiger partial charge in [0.15, 0.2) is 5.58 Å². The summed E-state index contributed by atoms with van der Waals surface area (Å²) < 4.78 is 4.88. The zero-order valence-electron chi connectivity index (χ0n) is 5.66. The molecule has 2 rings (SSSR count). The lowest BCUT2D eigenvalue weighted by Crippen LogP contribution is -1.61. The third-order valence-electron chi connectivity index (χ3n) is 1.19. The predicted molar refractivity (Wildman–Crippen MR) is 34.0 cm³/mol. The molecule has 0 aliphatic carbocycles. The number of fused-ring (bicyclic) bond motifs is 1. The van der Waals surface area contributed by atoms with Gasteiger partial charge in [0.1, 0.15) is 5.52 Å². The summed E-state index contributed by atoms with van der Waals surface area (Å²) in [6.45, 7) is 0. The van der Waals surface area contributed by atoms with Crippen molar-refractivity contribution in [1.82, 2.24) is 4.98 Å². The molecule has 0 bridgehead atoms. The highest BCUT2D eigenvalue weighted by molar-refractivity contribution is 5.71. The first-order valence-corrected chi connectivity index (χ1v) is 2.68. The maximum Gasteiger partial charge on any atom is 1.00 e. The Morgan fingerprint density at radius 1 is 1.44 bits per heavy atom. The molecule has 0 aliphatic heterocycles. The minimum absolute atomic E-state index is 0. The third-order valence-corrected chi connectivity index (χ3v) is 1.19. The Bertz CT molecular complexity index is 288. The molecule has 43 valence electrons. The van der Waals surface area contributed by atoms with E-state index in [1.165, 1.54) is 0 Å². The van der Waals surface area contributed by atoms with Gasteiger partial charge >= 0.3 is 1.43 Å². The molecule has 0 atom stereocenters. The van der Waals surface area contributed by atoms with Crippen molar-refractivity contribution in [3.05, 3.63) is 30.7 Å². The standard InChI is InChI=1S/C7H4NO/c1-2-4-7-6(3-1)8-5-9-7/h1-4H/p+1. The van der Waals surface area contributed by atoms with E-state index in [2.05, 4.69) is 11.4 Å². The Hall–Kier alpha value is -1.31. The minimum atomic E-state index is 0. The average Bonchev–Trinajstić information content (AvgIpc) is 2.33. The Morgan fingerprint density at radius 3 is 3.22 bits per heavy atom. The minimum Gasteiger partial charge on any atom is -0.432 e. The van der Waals surface area contributed by atoms with Crippen molar-refractivity contribution in [1.29, 1.82) is 0 Å². The summed E-state index contributed by atoms with van der Waals surface area (Å²) in [5.41, 5.74) is 1.65. The number of para-hydroxylation sites is 2. The summed E-state index contributed by atoms with van der Waals surface area (Å²) >= 11 is 0. The molecule has 0 unspecified atom stereocenters. The van der Waals surface area contributed by atoms with Gasteiger partial charge in [0.05, 0.1) is 0 Å². The van der Waals surface area contributed by atoms with Crippen LogP contribution in [-0.4, -0.2) is 4.98 Å². The summed E-state index contributed by atoms with van der Waals surface area (Å²) in [6.07, 6.45) is 2.41. The van der Waals surface area contributed by atoms with E-state index in [1.54, 1.807) is 0 Å². The average molecular weight is 119 g/mol. The largest absolute Gasteiger partial charge is 1.00 e. The van der Waals surface area contributed by atoms with E-state index in [0.29, 0.717) is 0 Å². The van der Waals surface area contributed by atoms with Gasteiger partial charge in [0.2, 0.25) is 0 Å². The Kier molecular flexibility index (Phi) is 0.803. The molecule has 0 spiro atoms. The van der Waals surface area contributed by atoms with Crippen LogP contribution in [0.4, 0.5) is 0 Å². The molecule has 0 aliphatic rings. The predicted octanol–water partition coefficient (Wildman–Crippen LogP) is 1.74. The van der Waals surface area contributed by atoms with Gasteiger partial charge in [-0.05, 0) is 12.1 Å². The van der Waals surface area contributed by atoms with Crippen LogP contribution in [0, 0.1) is 6.39 Å². The summed E-state index contributed by atoms with van der Waals surface area (Å²) in [5.74, 6) is 0. The topological polar surface area (TPSA) is 26.0 Å². The molecule has 0 saturated carbocycles. The second kappa shape index (κ2) is 1.58. The van der Waals surface area contributed by atoms with Crippen molar-refractivity contribution in [3.8, 4) is 0 Å². The first-order chi connectivity index (χ1) is 4.47. The van der Waals surface area contributed by atoms with Crippen LogP contribution in [-0.2, 0) is 0 Å². The van der Waals surface area contributed by atoms with E-state index in [1.807, 2.05) is 24.3 Å². The molecule has 0 amide bonds. The molecular weight excluding hydrogens is 114 g/mol. The Balaban J connectivity index is 0.000000500. The first-order valence-electron chi connectivity index (χ1n) is 2.68. The van der Waals surface area contributed by atoms with Gasteiger partial charge in [-0.3, -0.25) is 0 Å². The van der Waals surface area contributed by atoms with Crippen LogP contribution in [0.15, 0.2) is 28.7 Å². The monoisotopic (exact) mass is 119 g/mol. The van der Waals surface area contributed by atoms with E-state index in [-0.39, 0.29) is 1.43 Å². The summed E-state index contributed by atoms with van der Waals surface area (Å²) in [4.78, 5) is 3.83.